The first-order valence-electron chi connectivity index (χ1n) is 9.35. The number of nitrogens with zero attached hydrogens (tertiary/aromatic N) is 6. The van der Waals surface area contributed by atoms with Gasteiger partial charge in [0.25, 0.3) is 0 Å². The highest BCUT2D eigenvalue weighted by molar-refractivity contribution is 5.72. The second-order valence-corrected chi connectivity index (χ2v) is 6.75. The molecular weight excluding hydrogens is 380 g/mol. The lowest BCUT2D eigenvalue weighted by molar-refractivity contribution is -0.127. The molecule has 152 valence electrons. The fraction of sp³-hybridized carbons (Fsp3) is 0.227. The number of carbonyl (C=O) groups excluding carboxylic acids is 1. The molecule has 0 radical (unpaired) electrons. The van der Waals surface area contributed by atoms with Crippen LogP contribution in [0.15, 0.2) is 55.0 Å². The molecule has 1 aromatic carbocycles. The zero-order valence-electron chi connectivity index (χ0n) is 17.1. The SMILES string of the molecule is CC(=O)N(C)CCN(C)c1cncc(Oc2ccc(-c3cc(C#N)ccn3)cc2)n1. The number of carbonyl (C=O) groups is 1. The predicted molar refractivity (Wildman–Crippen MR) is 113 cm³/mol. The summed E-state index contributed by atoms with van der Waals surface area (Å²) in [5.74, 6) is 1.65. The van der Waals surface area contributed by atoms with Gasteiger partial charge in [0.05, 0.1) is 29.7 Å². The third kappa shape index (κ3) is 5.29. The lowest BCUT2D eigenvalue weighted by Crippen LogP contribution is -2.33. The van der Waals surface area contributed by atoms with Crippen molar-refractivity contribution in [3.05, 3.63) is 60.6 Å². The number of rotatable bonds is 7. The van der Waals surface area contributed by atoms with E-state index in [-0.39, 0.29) is 5.91 Å². The third-order valence-electron chi connectivity index (χ3n) is 4.56. The van der Waals surface area contributed by atoms with Crippen LogP contribution in [0.4, 0.5) is 5.82 Å². The van der Waals surface area contributed by atoms with Gasteiger partial charge >= 0.3 is 0 Å². The lowest BCUT2D eigenvalue weighted by atomic mass is 10.1. The van der Waals surface area contributed by atoms with E-state index in [0.29, 0.717) is 36.1 Å². The molecule has 0 atom stereocenters. The van der Waals surface area contributed by atoms with Crippen LogP contribution in [-0.4, -0.2) is 52.9 Å². The molecule has 0 saturated heterocycles. The van der Waals surface area contributed by atoms with Gasteiger partial charge in [-0.3, -0.25) is 14.8 Å². The average Bonchev–Trinajstić information content (AvgIpc) is 2.77. The second-order valence-electron chi connectivity index (χ2n) is 6.75. The molecule has 0 saturated carbocycles. The second kappa shape index (κ2) is 9.47. The van der Waals surface area contributed by atoms with Crippen molar-refractivity contribution in [2.24, 2.45) is 0 Å². The number of nitriles is 1. The molecule has 0 aliphatic heterocycles. The Balaban J connectivity index is 1.67. The van der Waals surface area contributed by atoms with Crippen LogP contribution in [0.25, 0.3) is 11.3 Å². The van der Waals surface area contributed by atoms with Crippen LogP contribution < -0.4 is 9.64 Å². The Morgan fingerprint density at radius 1 is 1.13 bits per heavy atom. The van der Waals surface area contributed by atoms with Crippen molar-refractivity contribution in [1.82, 2.24) is 19.9 Å². The van der Waals surface area contributed by atoms with Crippen LogP contribution in [0.5, 0.6) is 11.6 Å². The molecule has 8 heteroatoms. The number of hydrogen-bond donors (Lipinski definition) is 0. The summed E-state index contributed by atoms with van der Waals surface area (Å²) in [6, 6.07) is 12.9. The smallest absolute Gasteiger partial charge is 0.239 e. The highest BCUT2D eigenvalue weighted by Crippen LogP contribution is 2.25. The van der Waals surface area contributed by atoms with Gasteiger partial charge in [-0.05, 0) is 36.4 Å². The molecule has 2 aromatic heterocycles. The van der Waals surface area contributed by atoms with Gasteiger partial charge in [-0.2, -0.15) is 10.2 Å². The van der Waals surface area contributed by atoms with E-state index in [1.165, 1.54) is 6.92 Å². The molecule has 0 aliphatic rings. The molecule has 3 aromatic rings. The molecule has 2 heterocycles. The van der Waals surface area contributed by atoms with Crippen molar-refractivity contribution in [2.75, 3.05) is 32.1 Å². The van der Waals surface area contributed by atoms with Crippen molar-refractivity contribution in [1.29, 1.82) is 5.26 Å². The number of amides is 1. The van der Waals surface area contributed by atoms with Gasteiger partial charge in [-0.1, -0.05) is 0 Å². The van der Waals surface area contributed by atoms with E-state index in [0.717, 1.165) is 11.3 Å². The van der Waals surface area contributed by atoms with E-state index in [1.807, 2.05) is 36.2 Å². The van der Waals surface area contributed by atoms with Gasteiger partial charge in [0.1, 0.15) is 5.75 Å². The topological polar surface area (TPSA) is 95.2 Å². The van der Waals surface area contributed by atoms with E-state index in [2.05, 4.69) is 21.0 Å². The Labute approximate surface area is 175 Å². The van der Waals surface area contributed by atoms with Crippen molar-refractivity contribution in [3.63, 3.8) is 0 Å². The monoisotopic (exact) mass is 402 g/mol. The largest absolute Gasteiger partial charge is 0.437 e. The minimum atomic E-state index is 0.0181. The summed E-state index contributed by atoms with van der Waals surface area (Å²) in [4.78, 5) is 27.9. The van der Waals surface area contributed by atoms with E-state index in [4.69, 9.17) is 10.00 Å². The summed E-state index contributed by atoms with van der Waals surface area (Å²) in [6.07, 6.45) is 4.81. The first-order chi connectivity index (χ1) is 14.5. The summed E-state index contributed by atoms with van der Waals surface area (Å²) in [5, 5.41) is 9.03. The van der Waals surface area contributed by atoms with Crippen LogP contribution in [-0.2, 0) is 4.79 Å². The van der Waals surface area contributed by atoms with Crippen molar-refractivity contribution < 1.29 is 9.53 Å². The maximum atomic E-state index is 11.3. The Morgan fingerprint density at radius 3 is 2.60 bits per heavy atom. The maximum absolute atomic E-state index is 11.3. The molecule has 0 unspecified atom stereocenters. The number of likely N-dealkylation sites (N-methyl/N-ethyl adjacent to an activating group) is 2. The molecule has 0 aliphatic carbocycles. The molecule has 0 spiro atoms. The summed E-state index contributed by atoms with van der Waals surface area (Å²) < 4.78 is 5.83. The number of benzene rings is 1. The van der Waals surface area contributed by atoms with Gasteiger partial charge in [0.2, 0.25) is 11.8 Å². The Hall–Kier alpha value is -3.99. The van der Waals surface area contributed by atoms with Gasteiger partial charge in [0, 0.05) is 45.9 Å². The first kappa shape index (κ1) is 20.7. The lowest BCUT2D eigenvalue weighted by Gasteiger charge is -2.22. The molecule has 3 rings (SSSR count). The van der Waals surface area contributed by atoms with Crippen LogP contribution in [0.2, 0.25) is 0 Å². The average molecular weight is 402 g/mol. The standard InChI is InChI=1S/C22H22N6O2/c1-16(29)27(2)10-11-28(3)21-14-24-15-22(26-21)30-19-6-4-18(5-7-19)20-12-17(13-23)8-9-25-20/h4-9,12,14-15H,10-11H2,1-3H3. The molecule has 0 bridgehead atoms. The van der Waals surface area contributed by atoms with Gasteiger partial charge in [0.15, 0.2) is 5.82 Å². The molecule has 1 amide bonds. The van der Waals surface area contributed by atoms with E-state index >= 15 is 0 Å². The zero-order valence-corrected chi connectivity index (χ0v) is 17.1. The fourth-order valence-corrected chi connectivity index (χ4v) is 2.62. The van der Waals surface area contributed by atoms with Crippen LogP contribution in [0, 0.1) is 11.3 Å². The summed E-state index contributed by atoms with van der Waals surface area (Å²) in [5.41, 5.74) is 2.17. The molecule has 30 heavy (non-hydrogen) atoms. The Bertz CT molecular complexity index is 1060. The molecule has 8 nitrogen and oxygen atoms in total. The Morgan fingerprint density at radius 2 is 1.90 bits per heavy atom. The van der Waals surface area contributed by atoms with Gasteiger partial charge in [-0.25, -0.2) is 0 Å². The fourth-order valence-electron chi connectivity index (χ4n) is 2.62. The van der Waals surface area contributed by atoms with Crippen molar-refractivity contribution in [2.45, 2.75) is 6.92 Å². The van der Waals surface area contributed by atoms with Crippen molar-refractivity contribution in [3.8, 4) is 29.0 Å². The minimum absolute atomic E-state index is 0.0181. The van der Waals surface area contributed by atoms with Crippen LogP contribution in [0.3, 0.4) is 0 Å². The van der Waals surface area contributed by atoms with Crippen molar-refractivity contribution >= 4 is 11.7 Å². The summed E-state index contributed by atoms with van der Waals surface area (Å²) in [7, 11) is 3.65. The Kier molecular flexibility index (Phi) is 6.55. The first-order valence-corrected chi connectivity index (χ1v) is 9.35. The third-order valence-corrected chi connectivity index (χ3v) is 4.56. The maximum Gasteiger partial charge on any atom is 0.239 e. The van der Waals surface area contributed by atoms with Crippen LogP contribution >= 0.6 is 0 Å². The van der Waals surface area contributed by atoms with E-state index < -0.39 is 0 Å². The number of aromatic nitrogens is 3. The predicted octanol–water partition coefficient (Wildman–Crippen LogP) is 3.12. The summed E-state index contributed by atoms with van der Waals surface area (Å²) >= 11 is 0. The van der Waals surface area contributed by atoms with Gasteiger partial charge in [-0.15, -0.1) is 0 Å². The van der Waals surface area contributed by atoms with E-state index in [1.54, 1.807) is 42.7 Å². The van der Waals surface area contributed by atoms with Gasteiger partial charge < -0.3 is 14.5 Å². The molecule has 0 fully saturated rings. The van der Waals surface area contributed by atoms with Crippen LogP contribution in [0.1, 0.15) is 12.5 Å². The quantitative estimate of drug-likeness (QED) is 0.599. The minimum Gasteiger partial charge on any atom is -0.437 e. The highest BCUT2D eigenvalue weighted by Gasteiger charge is 2.09. The normalized spacial score (nSPS) is 10.2. The summed E-state index contributed by atoms with van der Waals surface area (Å²) in [6.45, 7) is 2.74. The zero-order chi connectivity index (χ0) is 21.5. The molecular formula is C22H22N6O2. The number of pyridine rings is 1. The highest BCUT2D eigenvalue weighted by atomic mass is 16.5. The van der Waals surface area contributed by atoms with E-state index in [9.17, 15) is 4.79 Å². The number of ether oxygens (including phenoxy) is 1. The molecule has 0 N–H and O–H groups in total. The number of anilines is 1. The number of hydrogen-bond acceptors (Lipinski definition) is 7.